The number of hydrogen-bond acceptors (Lipinski definition) is 5. The maximum absolute atomic E-state index is 13.3. The highest BCUT2D eigenvalue weighted by Gasteiger charge is 2.16. The molecule has 5 nitrogen and oxygen atoms in total. The van der Waals surface area contributed by atoms with Crippen LogP contribution >= 0.6 is 11.9 Å². The molecule has 0 aromatic heterocycles. The highest BCUT2D eigenvalue weighted by Crippen LogP contribution is 2.26. The highest BCUT2D eigenvalue weighted by molar-refractivity contribution is 7.97. The zero-order chi connectivity index (χ0) is 22.1. The molecule has 3 rings (SSSR count). The lowest BCUT2D eigenvalue weighted by atomic mass is 10.3. The fourth-order valence-corrected chi connectivity index (χ4v) is 3.38. The predicted molar refractivity (Wildman–Crippen MR) is 114 cm³/mol. The average molecular weight is 445 g/mol. The number of carbonyl (C=O) groups is 1. The van der Waals surface area contributed by atoms with Crippen LogP contribution in [0.15, 0.2) is 77.7 Å². The molecule has 162 valence electrons. The quantitative estimate of drug-likeness (QED) is 0.362. The number of rotatable bonds is 9. The number of amides is 1. The lowest BCUT2D eigenvalue weighted by Crippen LogP contribution is -2.29. The molecular weight excluding hydrogens is 424 g/mol. The molecule has 0 saturated carbocycles. The fourth-order valence-electron chi connectivity index (χ4n) is 2.55. The minimum atomic E-state index is -0.713. The Balaban J connectivity index is 1.54. The van der Waals surface area contributed by atoms with E-state index in [1.807, 2.05) is 30.3 Å². The van der Waals surface area contributed by atoms with Crippen molar-refractivity contribution in [1.82, 2.24) is 4.31 Å². The second kappa shape index (κ2) is 11.2. The zero-order valence-electron chi connectivity index (χ0n) is 16.8. The van der Waals surface area contributed by atoms with Gasteiger partial charge in [0.05, 0.1) is 13.2 Å². The van der Waals surface area contributed by atoms with E-state index in [1.54, 1.807) is 31.2 Å². The van der Waals surface area contributed by atoms with E-state index < -0.39 is 17.7 Å². The van der Waals surface area contributed by atoms with Gasteiger partial charge in [-0.2, -0.15) is 0 Å². The van der Waals surface area contributed by atoms with Gasteiger partial charge in [-0.25, -0.2) is 17.9 Å². The molecule has 3 aromatic carbocycles. The van der Waals surface area contributed by atoms with Crippen LogP contribution in [-0.4, -0.2) is 30.2 Å². The van der Waals surface area contributed by atoms with Gasteiger partial charge in [-0.3, -0.25) is 0 Å². The van der Waals surface area contributed by atoms with E-state index in [4.69, 9.17) is 14.2 Å². The minimum Gasteiger partial charge on any atom is -0.492 e. The van der Waals surface area contributed by atoms with Crippen LogP contribution in [0.25, 0.3) is 0 Å². The summed E-state index contributed by atoms with van der Waals surface area (Å²) in [7, 11) is 0. The Bertz CT molecular complexity index is 966. The van der Waals surface area contributed by atoms with Crippen LogP contribution in [0.4, 0.5) is 13.6 Å². The largest absolute Gasteiger partial charge is 0.492 e. The molecule has 0 bridgehead atoms. The van der Waals surface area contributed by atoms with Crippen molar-refractivity contribution in [2.24, 2.45) is 0 Å². The molecule has 3 aromatic rings. The van der Waals surface area contributed by atoms with Gasteiger partial charge in [0.25, 0.3) is 0 Å². The molecule has 0 aliphatic rings. The molecule has 0 aliphatic carbocycles. The molecule has 0 atom stereocenters. The Hall–Kier alpha value is -3.26. The lowest BCUT2D eigenvalue weighted by Gasteiger charge is -2.20. The summed E-state index contributed by atoms with van der Waals surface area (Å²) >= 11 is 1.28. The topological polar surface area (TPSA) is 48.0 Å². The van der Waals surface area contributed by atoms with Gasteiger partial charge in [-0.05, 0) is 55.3 Å². The SMILES string of the molecule is CCOC(=O)N(CCOc1ccc(Oc2cc(F)cc(F)c2)cc1)Sc1ccccc1. The number of nitrogens with zero attached hydrogens (tertiary/aromatic N) is 1. The number of halogens is 2. The van der Waals surface area contributed by atoms with E-state index >= 15 is 0 Å². The molecule has 0 spiro atoms. The minimum absolute atomic E-state index is 0.0641. The molecule has 0 aliphatic heterocycles. The standard InChI is InChI=1S/C23H21F2NO4S/c1-2-28-23(27)26(31-22-6-4-3-5-7-22)12-13-29-19-8-10-20(11-9-19)30-21-15-17(24)14-18(25)16-21/h3-11,14-16H,2,12-13H2,1H3. The van der Waals surface area contributed by atoms with Crippen LogP contribution in [0.2, 0.25) is 0 Å². The first-order valence-electron chi connectivity index (χ1n) is 9.57. The summed E-state index contributed by atoms with van der Waals surface area (Å²) in [5.41, 5.74) is 0. The van der Waals surface area contributed by atoms with Crippen molar-refractivity contribution in [2.75, 3.05) is 19.8 Å². The van der Waals surface area contributed by atoms with Gasteiger partial charge in [0.15, 0.2) is 0 Å². The van der Waals surface area contributed by atoms with Crippen molar-refractivity contribution < 1.29 is 27.8 Å². The van der Waals surface area contributed by atoms with Crippen molar-refractivity contribution in [1.29, 1.82) is 0 Å². The lowest BCUT2D eigenvalue weighted by molar-refractivity contribution is 0.129. The fraction of sp³-hybridized carbons (Fsp3) is 0.174. The maximum Gasteiger partial charge on any atom is 0.420 e. The summed E-state index contributed by atoms with van der Waals surface area (Å²) < 4.78 is 44.3. The van der Waals surface area contributed by atoms with Crippen molar-refractivity contribution in [3.63, 3.8) is 0 Å². The summed E-state index contributed by atoms with van der Waals surface area (Å²) in [6.07, 6.45) is -0.439. The molecule has 0 heterocycles. The first-order chi connectivity index (χ1) is 15.0. The molecule has 0 N–H and O–H groups in total. The first kappa shape index (κ1) is 22.4. The van der Waals surface area contributed by atoms with Crippen LogP contribution in [0.1, 0.15) is 6.92 Å². The monoisotopic (exact) mass is 445 g/mol. The molecule has 1 amide bonds. The Labute approximate surface area is 183 Å². The summed E-state index contributed by atoms with van der Waals surface area (Å²) in [5, 5.41) is 0. The van der Waals surface area contributed by atoms with Crippen molar-refractivity contribution in [3.05, 3.63) is 84.4 Å². The Morgan fingerprint density at radius 2 is 1.55 bits per heavy atom. The third-order valence-electron chi connectivity index (χ3n) is 3.89. The van der Waals surface area contributed by atoms with E-state index in [0.29, 0.717) is 18.0 Å². The summed E-state index contributed by atoms with van der Waals surface area (Å²) in [5.74, 6) is -0.394. The van der Waals surface area contributed by atoms with Gasteiger partial charge in [0, 0.05) is 23.1 Å². The number of hydrogen-bond donors (Lipinski definition) is 0. The average Bonchev–Trinajstić information content (AvgIpc) is 2.74. The molecule has 31 heavy (non-hydrogen) atoms. The molecule has 0 unspecified atom stereocenters. The zero-order valence-corrected chi connectivity index (χ0v) is 17.6. The first-order valence-corrected chi connectivity index (χ1v) is 10.3. The van der Waals surface area contributed by atoms with Gasteiger partial charge < -0.3 is 14.2 Å². The number of carbonyl (C=O) groups excluding carboxylic acids is 1. The van der Waals surface area contributed by atoms with Gasteiger partial charge in [0.2, 0.25) is 0 Å². The van der Waals surface area contributed by atoms with Crippen LogP contribution in [0.3, 0.4) is 0 Å². The number of benzene rings is 3. The van der Waals surface area contributed by atoms with Gasteiger partial charge in [0.1, 0.15) is 35.5 Å². The normalized spacial score (nSPS) is 10.4. The van der Waals surface area contributed by atoms with E-state index in [9.17, 15) is 13.6 Å². The molecular formula is C23H21F2NO4S. The Morgan fingerprint density at radius 3 is 2.19 bits per heavy atom. The third-order valence-corrected chi connectivity index (χ3v) is 4.92. The Morgan fingerprint density at radius 1 is 0.903 bits per heavy atom. The van der Waals surface area contributed by atoms with E-state index in [2.05, 4.69) is 0 Å². The smallest absolute Gasteiger partial charge is 0.420 e. The van der Waals surface area contributed by atoms with Crippen molar-refractivity contribution in [3.8, 4) is 17.2 Å². The second-order valence-electron chi connectivity index (χ2n) is 6.23. The van der Waals surface area contributed by atoms with Crippen molar-refractivity contribution in [2.45, 2.75) is 11.8 Å². The van der Waals surface area contributed by atoms with Crippen LogP contribution in [0, 0.1) is 11.6 Å². The molecule has 0 saturated heterocycles. The van der Waals surface area contributed by atoms with Crippen molar-refractivity contribution >= 4 is 18.0 Å². The summed E-state index contributed by atoms with van der Waals surface area (Å²) in [4.78, 5) is 13.1. The maximum atomic E-state index is 13.3. The number of ether oxygens (including phenoxy) is 3. The highest BCUT2D eigenvalue weighted by atomic mass is 32.2. The van der Waals surface area contributed by atoms with Gasteiger partial charge >= 0.3 is 6.09 Å². The molecule has 0 fully saturated rings. The predicted octanol–water partition coefficient (Wildman–Crippen LogP) is 6.30. The van der Waals surface area contributed by atoms with Crippen LogP contribution < -0.4 is 9.47 Å². The second-order valence-corrected chi connectivity index (χ2v) is 7.33. The van der Waals surface area contributed by atoms with Crippen LogP contribution in [-0.2, 0) is 4.74 Å². The van der Waals surface area contributed by atoms with E-state index in [0.717, 1.165) is 23.1 Å². The molecule has 8 heteroatoms. The van der Waals surface area contributed by atoms with Gasteiger partial charge in [-0.15, -0.1) is 0 Å². The molecule has 0 radical (unpaired) electrons. The van der Waals surface area contributed by atoms with Gasteiger partial charge in [-0.1, -0.05) is 18.2 Å². The van der Waals surface area contributed by atoms with E-state index in [-0.39, 0.29) is 19.0 Å². The summed E-state index contributed by atoms with van der Waals surface area (Å²) in [6.45, 7) is 2.58. The van der Waals surface area contributed by atoms with Crippen LogP contribution in [0.5, 0.6) is 17.2 Å². The summed E-state index contributed by atoms with van der Waals surface area (Å²) in [6, 6.07) is 19.1. The third kappa shape index (κ3) is 7.18. The van der Waals surface area contributed by atoms with E-state index in [1.165, 1.54) is 16.3 Å². The Kier molecular flexibility index (Phi) is 8.12.